The molecule has 7 nitrogen and oxygen atoms in total. The molecule has 0 spiro atoms. The van der Waals surface area contributed by atoms with Crippen LogP contribution in [0.2, 0.25) is 0 Å². The summed E-state index contributed by atoms with van der Waals surface area (Å²) in [4.78, 5) is 31.8. The Balaban J connectivity index is 1.47. The van der Waals surface area contributed by atoms with Gasteiger partial charge in [0.25, 0.3) is 0 Å². The van der Waals surface area contributed by atoms with E-state index in [1.165, 1.54) is 11.8 Å². The summed E-state index contributed by atoms with van der Waals surface area (Å²) in [6.07, 6.45) is 1.75. The van der Waals surface area contributed by atoms with E-state index >= 15 is 0 Å². The Morgan fingerprint density at radius 3 is 2.55 bits per heavy atom. The predicted octanol–water partition coefficient (Wildman–Crippen LogP) is 2.88. The molecular weight excluding hydrogens is 384 g/mol. The molecule has 158 valence electrons. The number of halogens is 2. The third-order valence-corrected chi connectivity index (χ3v) is 5.48. The van der Waals surface area contributed by atoms with Crippen LogP contribution in [0.15, 0.2) is 12.1 Å². The van der Waals surface area contributed by atoms with Gasteiger partial charge in [-0.05, 0) is 26.2 Å². The first-order valence-electron chi connectivity index (χ1n) is 10.0. The van der Waals surface area contributed by atoms with Gasteiger partial charge in [0.2, 0.25) is 0 Å². The summed E-state index contributed by atoms with van der Waals surface area (Å²) >= 11 is 0. The van der Waals surface area contributed by atoms with Crippen LogP contribution in [0.25, 0.3) is 0 Å². The third kappa shape index (κ3) is 4.51. The normalized spacial score (nSPS) is 23.3. The van der Waals surface area contributed by atoms with Crippen molar-refractivity contribution >= 4 is 23.3 Å². The van der Waals surface area contributed by atoms with E-state index in [0.29, 0.717) is 45.1 Å². The minimum absolute atomic E-state index is 0.00243. The highest BCUT2D eigenvalue weighted by molar-refractivity contribution is 5.90. The van der Waals surface area contributed by atoms with Crippen molar-refractivity contribution in [3.63, 3.8) is 0 Å². The maximum atomic E-state index is 14.9. The molecule has 0 radical (unpaired) electrons. The Bertz CT molecular complexity index is 779. The van der Waals surface area contributed by atoms with Gasteiger partial charge in [-0.15, -0.1) is 0 Å². The van der Waals surface area contributed by atoms with Crippen molar-refractivity contribution in [2.45, 2.75) is 44.8 Å². The molecule has 2 saturated heterocycles. The van der Waals surface area contributed by atoms with E-state index in [1.807, 2.05) is 5.06 Å². The maximum absolute atomic E-state index is 14.9. The van der Waals surface area contributed by atoms with Crippen molar-refractivity contribution in [2.24, 2.45) is 0 Å². The molecule has 1 amide bonds. The van der Waals surface area contributed by atoms with E-state index in [1.54, 1.807) is 4.90 Å². The molecule has 2 aliphatic heterocycles. The van der Waals surface area contributed by atoms with Crippen LogP contribution in [0, 0.1) is 11.6 Å². The van der Waals surface area contributed by atoms with Crippen LogP contribution in [-0.2, 0) is 14.4 Å². The number of carbonyl (C=O) groups excluding carboxylic acids is 2. The van der Waals surface area contributed by atoms with E-state index in [9.17, 15) is 18.4 Å². The average Bonchev–Trinajstić information content (AvgIpc) is 3.45. The second-order valence-electron chi connectivity index (χ2n) is 7.81. The number of benzene rings is 1. The third-order valence-electron chi connectivity index (χ3n) is 5.48. The van der Waals surface area contributed by atoms with Crippen molar-refractivity contribution in [1.29, 1.82) is 0 Å². The Labute approximate surface area is 168 Å². The zero-order valence-electron chi connectivity index (χ0n) is 16.4. The fourth-order valence-electron chi connectivity index (χ4n) is 3.79. The molecule has 0 unspecified atom stereocenters. The molecule has 1 saturated carbocycles. The van der Waals surface area contributed by atoms with Gasteiger partial charge in [0.15, 0.2) is 11.6 Å². The van der Waals surface area contributed by atoms with Crippen molar-refractivity contribution in [3.8, 4) is 0 Å². The van der Waals surface area contributed by atoms with Crippen LogP contribution in [0.4, 0.5) is 25.0 Å². The summed E-state index contributed by atoms with van der Waals surface area (Å²) in [6.45, 7) is 3.43. The fourth-order valence-corrected chi connectivity index (χ4v) is 3.79. The molecule has 3 fully saturated rings. The number of hydroxylamine groups is 2. The monoisotopic (exact) mass is 409 g/mol. The number of ketones is 1. The van der Waals surface area contributed by atoms with Gasteiger partial charge in [-0.3, -0.25) is 9.74 Å². The van der Waals surface area contributed by atoms with Crippen molar-refractivity contribution in [3.05, 3.63) is 23.8 Å². The summed E-state index contributed by atoms with van der Waals surface area (Å²) in [7, 11) is 0. The summed E-state index contributed by atoms with van der Waals surface area (Å²) < 4.78 is 35.0. The SMILES string of the molecule is CC(=O)CC[C@H]1CN(c2cc(F)c(N3CCON(C4CC4)CC3)c(F)c2)C(=O)O1. The summed E-state index contributed by atoms with van der Waals surface area (Å²) in [5.41, 5.74) is 0.0143. The molecule has 1 aromatic rings. The van der Waals surface area contributed by atoms with Gasteiger partial charge in [0, 0.05) is 44.2 Å². The highest BCUT2D eigenvalue weighted by Gasteiger charge is 2.35. The van der Waals surface area contributed by atoms with Crippen molar-refractivity contribution in [2.75, 3.05) is 42.6 Å². The number of nitrogens with zero attached hydrogens (tertiary/aromatic N) is 3. The lowest BCUT2D eigenvalue weighted by Gasteiger charge is -2.24. The first-order chi connectivity index (χ1) is 13.9. The zero-order chi connectivity index (χ0) is 20.5. The highest BCUT2D eigenvalue weighted by Crippen LogP contribution is 2.33. The standard InChI is InChI=1S/C20H25F2N3O4/c1-13(26)2-5-16-12-24(20(27)29-16)15-10-17(21)19(18(22)11-15)23-6-7-25(14-3-4-14)28-9-8-23/h10-11,14,16H,2-9,12H2,1H3/t16-/m0/s1. The van der Waals surface area contributed by atoms with Crippen LogP contribution < -0.4 is 9.80 Å². The van der Waals surface area contributed by atoms with E-state index in [2.05, 4.69) is 0 Å². The minimum atomic E-state index is -0.722. The molecule has 4 rings (SSSR count). The van der Waals surface area contributed by atoms with Crippen LogP contribution in [0.5, 0.6) is 0 Å². The molecule has 1 atom stereocenters. The van der Waals surface area contributed by atoms with Gasteiger partial charge in [0.1, 0.15) is 17.6 Å². The van der Waals surface area contributed by atoms with Gasteiger partial charge >= 0.3 is 6.09 Å². The highest BCUT2D eigenvalue weighted by atomic mass is 19.1. The number of ether oxygens (including phenoxy) is 1. The van der Waals surface area contributed by atoms with Gasteiger partial charge in [-0.2, -0.15) is 5.06 Å². The molecule has 9 heteroatoms. The van der Waals surface area contributed by atoms with Crippen molar-refractivity contribution < 1.29 is 27.9 Å². The molecule has 0 aromatic heterocycles. The number of amides is 1. The maximum Gasteiger partial charge on any atom is 0.414 e. The predicted molar refractivity (Wildman–Crippen MR) is 102 cm³/mol. The van der Waals surface area contributed by atoms with Gasteiger partial charge in [0.05, 0.1) is 18.8 Å². The number of hydrogen-bond donors (Lipinski definition) is 0. The van der Waals surface area contributed by atoms with Crippen LogP contribution in [-0.4, -0.2) is 61.9 Å². The lowest BCUT2D eigenvalue weighted by molar-refractivity contribution is -0.154. The van der Waals surface area contributed by atoms with E-state index in [-0.39, 0.29) is 23.7 Å². The van der Waals surface area contributed by atoms with Gasteiger partial charge in [-0.1, -0.05) is 0 Å². The first-order valence-corrected chi connectivity index (χ1v) is 10.0. The van der Waals surface area contributed by atoms with E-state index in [0.717, 1.165) is 25.0 Å². The minimum Gasteiger partial charge on any atom is -0.444 e. The Morgan fingerprint density at radius 1 is 1.17 bits per heavy atom. The van der Waals surface area contributed by atoms with Gasteiger partial charge < -0.3 is 14.4 Å². The second kappa shape index (κ2) is 8.23. The fraction of sp³-hybridized carbons (Fsp3) is 0.600. The van der Waals surface area contributed by atoms with E-state index < -0.39 is 23.8 Å². The number of anilines is 2. The zero-order valence-corrected chi connectivity index (χ0v) is 16.4. The Kier molecular flexibility index (Phi) is 5.69. The number of Topliss-reactive ketones (excluding diaryl/α,β-unsaturated/α-hetero) is 1. The molecule has 0 N–H and O–H groups in total. The first kappa shape index (κ1) is 20.0. The Morgan fingerprint density at radius 2 is 1.90 bits per heavy atom. The Hall–Kier alpha value is -2.26. The molecular formula is C20H25F2N3O4. The van der Waals surface area contributed by atoms with E-state index in [4.69, 9.17) is 9.57 Å². The summed E-state index contributed by atoms with van der Waals surface area (Å²) in [5, 5.41) is 1.91. The number of carbonyl (C=O) groups is 2. The number of hydrogen-bond acceptors (Lipinski definition) is 6. The summed E-state index contributed by atoms with van der Waals surface area (Å²) in [5.74, 6) is -1.44. The molecule has 29 heavy (non-hydrogen) atoms. The topological polar surface area (TPSA) is 62.3 Å². The van der Waals surface area contributed by atoms with Crippen LogP contribution in [0.1, 0.15) is 32.6 Å². The average molecular weight is 409 g/mol. The number of rotatable bonds is 6. The quantitative estimate of drug-likeness (QED) is 0.720. The van der Waals surface area contributed by atoms with Crippen molar-refractivity contribution in [1.82, 2.24) is 5.06 Å². The molecule has 1 aromatic carbocycles. The smallest absolute Gasteiger partial charge is 0.414 e. The number of cyclic esters (lactones) is 1. The van der Waals surface area contributed by atoms with Crippen LogP contribution >= 0.6 is 0 Å². The molecule has 0 bridgehead atoms. The lowest BCUT2D eigenvalue weighted by atomic mass is 10.1. The molecule has 2 heterocycles. The molecule has 3 aliphatic rings. The second-order valence-corrected chi connectivity index (χ2v) is 7.81. The van der Waals surface area contributed by atoms with Gasteiger partial charge in [-0.25, -0.2) is 13.6 Å². The lowest BCUT2D eigenvalue weighted by Crippen LogP contribution is -2.32. The van der Waals surface area contributed by atoms with Crippen LogP contribution in [0.3, 0.4) is 0 Å². The largest absolute Gasteiger partial charge is 0.444 e. The summed E-state index contributed by atoms with van der Waals surface area (Å²) in [6, 6.07) is 2.75. The molecule has 1 aliphatic carbocycles.